The Morgan fingerprint density at radius 3 is 2.37 bits per heavy atom. The van der Waals surface area contributed by atoms with Crippen LogP contribution in [0.25, 0.3) is 10.9 Å². The van der Waals surface area contributed by atoms with Gasteiger partial charge in [0, 0.05) is 23.4 Å². The van der Waals surface area contributed by atoms with Gasteiger partial charge in [-0.1, -0.05) is 41.5 Å². The van der Waals surface area contributed by atoms with Gasteiger partial charge in [0.25, 0.3) is 0 Å². The number of rotatable bonds is 6. The number of amides is 1. The summed E-state index contributed by atoms with van der Waals surface area (Å²) in [4.78, 5) is 25.2. The van der Waals surface area contributed by atoms with E-state index in [2.05, 4.69) is 31.2 Å². The molecule has 1 N–H and O–H groups in total. The predicted octanol–water partition coefficient (Wildman–Crippen LogP) is 3.83. The Hall–Kier alpha value is -2.37. The van der Waals surface area contributed by atoms with Gasteiger partial charge in [-0.2, -0.15) is 5.10 Å². The van der Waals surface area contributed by atoms with Crippen LogP contribution in [-0.4, -0.2) is 35.1 Å². The number of hydrogen-bond acceptors (Lipinski definition) is 4. The third-order valence-corrected chi connectivity index (χ3v) is 4.35. The van der Waals surface area contributed by atoms with Gasteiger partial charge in [0.15, 0.2) is 5.78 Å². The summed E-state index contributed by atoms with van der Waals surface area (Å²) in [5.41, 5.74) is 0.711. The Bertz CT molecular complexity index is 839. The molecule has 6 nitrogen and oxygen atoms in total. The molecule has 2 rings (SSSR count). The van der Waals surface area contributed by atoms with Crippen molar-refractivity contribution in [3.05, 3.63) is 23.9 Å². The fraction of sp³-hybridized carbons (Fsp3) is 0.571. The average Bonchev–Trinajstić information content (AvgIpc) is 2.89. The molecule has 27 heavy (non-hydrogen) atoms. The quantitative estimate of drug-likeness (QED) is 0.781. The van der Waals surface area contributed by atoms with E-state index in [9.17, 15) is 9.59 Å². The third kappa shape index (κ3) is 5.31. The number of nitrogens with one attached hydrogen (secondary N) is 1. The summed E-state index contributed by atoms with van der Waals surface area (Å²) in [6, 6.07) is 5.44. The molecule has 148 valence electrons. The van der Waals surface area contributed by atoms with E-state index in [-0.39, 0.29) is 23.7 Å². The first-order valence-electron chi connectivity index (χ1n) is 9.28. The van der Waals surface area contributed by atoms with Crippen molar-refractivity contribution < 1.29 is 14.3 Å². The van der Waals surface area contributed by atoms with Crippen LogP contribution in [0.1, 0.15) is 58.5 Å². The van der Waals surface area contributed by atoms with Crippen molar-refractivity contribution in [3.8, 4) is 5.75 Å². The number of nitrogens with zero attached hydrogens (tertiary/aromatic N) is 2. The summed E-state index contributed by atoms with van der Waals surface area (Å²) >= 11 is 0. The van der Waals surface area contributed by atoms with E-state index in [1.807, 2.05) is 32.9 Å². The number of carbonyl (C=O) groups is 2. The highest BCUT2D eigenvalue weighted by Crippen LogP contribution is 2.28. The van der Waals surface area contributed by atoms with Crippen molar-refractivity contribution in [1.82, 2.24) is 15.1 Å². The lowest BCUT2D eigenvalue weighted by atomic mass is 9.88. The Morgan fingerprint density at radius 1 is 1.15 bits per heavy atom. The van der Waals surface area contributed by atoms with Crippen LogP contribution in [0.3, 0.4) is 0 Å². The average molecular weight is 373 g/mol. The summed E-state index contributed by atoms with van der Waals surface area (Å²) < 4.78 is 6.88. The predicted molar refractivity (Wildman–Crippen MR) is 107 cm³/mol. The van der Waals surface area contributed by atoms with Crippen LogP contribution in [0, 0.1) is 10.8 Å². The van der Waals surface area contributed by atoms with E-state index in [1.165, 1.54) is 0 Å². The third-order valence-electron chi connectivity index (χ3n) is 4.35. The van der Waals surface area contributed by atoms with E-state index in [0.29, 0.717) is 23.5 Å². The summed E-state index contributed by atoms with van der Waals surface area (Å²) in [6.45, 7) is 12.7. The van der Waals surface area contributed by atoms with E-state index < -0.39 is 5.41 Å². The molecule has 0 spiro atoms. The maximum absolute atomic E-state index is 12.8. The van der Waals surface area contributed by atoms with E-state index in [1.54, 1.807) is 17.9 Å². The fourth-order valence-electron chi connectivity index (χ4n) is 2.69. The molecule has 6 heteroatoms. The highest BCUT2D eigenvalue weighted by Gasteiger charge is 2.28. The van der Waals surface area contributed by atoms with Crippen molar-refractivity contribution in [2.75, 3.05) is 13.7 Å². The van der Waals surface area contributed by atoms with Gasteiger partial charge in [-0.15, -0.1) is 0 Å². The summed E-state index contributed by atoms with van der Waals surface area (Å²) in [6.07, 6.45) is 0.889. The molecule has 0 saturated heterocycles. The summed E-state index contributed by atoms with van der Waals surface area (Å²) in [5, 5.41) is 8.15. The first-order valence-corrected chi connectivity index (χ1v) is 9.28. The number of methoxy groups -OCH3 is 1. The molecular formula is C21H31N3O3. The largest absolute Gasteiger partial charge is 0.497 e. The molecule has 0 fully saturated rings. The second kappa shape index (κ2) is 7.71. The molecule has 0 aliphatic carbocycles. The number of hydrogen-bond donors (Lipinski definition) is 1. The van der Waals surface area contributed by atoms with Crippen molar-refractivity contribution in [3.63, 3.8) is 0 Å². The zero-order valence-corrected chi connectivity index (χ0v) is 17.5. The fourth-order valence-corrected chi connectivity index (χ4v) is 2.69. The van der Waals surface area contributed by atoms with E-state index in [0.717, 1.165) is 11.8 Å². The van der Waals surface area contributed by atoms with Crippen molar-refractivity contribution >= 4 is 22.6 Å². The molecule has 0 atom stereocenters. The smallest absolute Gasteiger partial charge is 0.241 e. The van der Waals surface area contributed by atoms with Crippen LogP contribution in [0.15, 0.2) is 18.2 Å². The maximum Gasteiger partial charge on any atom is 0.241 e. The number of carbonyl (C=O) groups excluding carboxylic acids is 2. The molecule has 0 aliphatic rings. The highest BCUT2D eigenvalue weighted by atomic mass is 16.5. The molecule has 0 radical (unpaired) electrons. The van der Waals surface area contributed by atoms with Gasteiger partial charge in [-0.05, 0) is 24.0 Å². The number of aromatic nitrogens is 2. The van der Waals surface area contributed by atoms with Crippen molar-refractivity contribution in [1.29, 1.82) is 0 Å². The number of fused-ring (bicyclic) bond motifs is 1. The second-order valence-corrected chi connectivity index (χ2v) is 9.13. The first-order chi connectivity index (χ1) is 12.4. The lowest BCUT2D eigenvalue weighted by molar-refractivity contribution is -0.121. The van der Waals surface area contributed by atoms with Gasteiger partial charge in [0.2, 0.25) is 5.91 Å². The molecule has 0 saturated carbocycles. The molecule has 0 bridgehead atoms. The van der Waals surface area contributed by atoms with Gasteiger partial charge in [-0.25, -0.2) is 0 Å². The Labute approximate surface area is 161 Å². The van der Waals surface area contributed by atoms with Crippen LogP contribution in [0.5, 0.6) is 5.75 Å². The Morgan fingerprint density at radius 2 is 1.81 bits per heavy atom. The van der Waals surface area contributed by atoms with Gasteiger partial charge in [0.1, 0.15) is 18.0 Å². The number of ether oxygens (including phenoxy) is 1. The summed E-state index contributed by atoms with van der Waals surface area (Å²) in [7, 11) is 1.59. The lowest BCUT2D eigenvalue weighted by Crippen LogP contribution is -2.30. The molecule has 0 unspecified atom stereocenters. The lowest BCUT2D eigenvalue weighted by Gasteiger charge is -2.18. The van der Waals surface area contributed by atoms with E-state index >= 15 is 0 Å². The molecule has 1 heterocycles. The first kappa shape index (κ1) is 20.9. The molecule has 0 aliphatic heterocycles. The topological polar surface area (TPSA) is 73.2 Å². The SMILES string of the molecule is COc1ccc2c(C(=O)C(C)(C)C)nn(CC(=O)NCCC(C)(C)C)c2c1. The molecule has 1 aromatic carbocycles. The van der Waals surface area contributed by atoms with Gasteiger partial charge in [-0.3, -0.25) is 14.3 Å². The van der Waals surface area contributed by atoms with Crippen LogP contribution < -0.4 is 10.1 Å². The number of ketones is 1. The van der Waals surface area contributed by atoms with Gasteiger partial charge in [0.05, 0.1) is 12.6 Å². The second-order valence-electron chi connectivity index (χ2n) is 9.13. The maximum atomic E-state index is 12.8. The van der Waals surface area contributed by atoms with Crippen LogP contribution in [-0.2, 0) is 11.3 Å². The van der Waals surface area contributed by atoms with Gasteiger partial charge < -0.3 is 10.1 Å². The highest BCUT2D eigenvalue weighted by molar-refractivity contribution is 6.08. The minimum atomic E-state index is -0.555. The number of Topliss-reactive ketones (excluding diaryl/α,β-unsaturated/α-hetero) is 1. The van der Waals surface area contributed by atoms with Crippen LogP contribution in [0.2, 0.25) is 0 Å². The monoisotopic (exact) mass is 373 g/mol. The zero-order chi connectivity index (χ0) is 20.4. The zero-order valence-electron chi connectivity index (χ0n) is 17.5. The number of benzene rings is 1. The Kier molecular flexibility index (Phi) is 5.97. The minimum Gasteiger partial charge on any atom is -0.497 e. The Balaban J connectivity index is 2.32. The normalized spacial score (nSPS) is 12.3. The van der Waals surface area contributed by atoms with Crippen LogP contribution >= 0.6 is 0 Å². The molecule has 2 aromatic rings. The molecule has 1 aromatic heterocycles. The van der Waals surface area contributed by atoms with Gasteiger partial charge >= 0.3 is 0 Å². The minimum absolute atomic E-state index is 0.0513. The standard InChI is InChI=1S/C21H31N3O3/c1-20(2,3)10-11-22-17(25)13-24-16-12-14(27-7)8-9-15(16)18(23-24)19(26)21(4,5)6/h8-9,12H,10-11,13H2,1-7H3,(H,22,25). The van der Waals surface area contributed by atoms with Crippen molar-refractivity contribution in [2.45, 2.75) is 54.5 Å². The summed E-state index contributed by atoms with van der Waals surface area (Å²) in [5.74, 6) is 0.484. The van der Waals surface area contributed by atoms with E-state index in [4.69, 9.17) is 4.74 Å². The van der Waals surface area contributed by atoms with Crippen LogP contribution in [0.4, 0.5) is 0 Å². The molecular weight excluding hydrogens is 342 g/mol. The molecule has 1 amide bonds. The van der Waals surface area contributed by atoms with Crippen molar-refractivity contribution in [2.24, 2.45) is 10.8 Å².